The van der Waals surface area contributed by atoms with Crippen LogP contribution in [0.2, 0.25) is 0 Å². The molecule has 0 unspecified atom stereocenters. The zero-order valence-corrected chi connectivity index (χ0v) is 12.6. The highest BCUT2D eigenvalue weighted by molar-refractivity contribution is 9.10. The van der Waals surface area contributed by atoms with E-state index < -0.39 is 11.8 Å². The smallest absolute Gasteiger partial charge is 0.338 e. The van der Waals surface area contributed by atoms with Crippen molar-refractivity contribution in [3.63, 3.8) is 0 Å². The Morgan fingerprint density at radius 3 is 2.71 bits per heavy atom. The van der Waals surface area contributed by atoms with Crippen LogP contribution < -0.4 is 10.5 Å². The number of halogens is 2. The molecule has 0 aromatic heterocycles. The van der Waals surface area contributed by atoms with Gasteiger partial charge in [0.15, 0.2) is 0 Å². The molecule has 0 aliphatic rings. The number of nitrogen functional groups attached to an aromatic ring is 1. The summed E-state index contributed by atoms with van der Waals surface area (Å²) in [6.07, 6.45) is 0. The minimum atomic E-state index is -0.644. The molecular formula is C15H13BrFNO3. The molecule has 2 N–H and O–H groups in total. The molecule has 0 atom stereocenters. The molecule has 0 spiro atoms. The first-order valence-corrected chi connectivity index (χ1v) is 6.96. The Balaban J connectivity index is 1.80. The van der Waals surface area contributed by atoms with Gasteiger partial charge in [0.25, 0.3) is 0 Å². The fraction of sp³-hybridized carbons (Fsp3) is 0.133. The van der Waals surface area contributed by atoms with Crippen molar-refractivity contribution in [2.75, 3.05) is 18.9 Å². The standard InChI is InChI=1S/C15H13BrFNO3/c16-11-2-1-3-12(9-11)20-6-7-21-15(19)10-4-5-14(18)13(17)8-10/h1-5,8-9H,6-7,18H2. The Morgan fingerprint density at radius 2 is 2.00 bits per heavy atom. The number of nitrogens with two attached hydrogens (primary N) is 1. The largest absolute Gasteiger partial charge is 0.490 e. The van der Waals surface area contributed by atoms with Gasteiger partial charge in [-0.3, -0.25) is 0 Å². The van der Waals surface area contributed by atoms with E-state index in [4.69, 9.17) is 15.2 Å². The van der Waals surface area contributed by atoms with Crippen molar-refractivity contribution in [1.82, 2.24) is 0 Å². The number of ether oxygens (including phenoxy) is 2. The number of hydrogen-bond donors (Lipinski definition) is 1. The number of hydrogen-bond acceptors (Lipinski definition) is 4. The average Bonchev–Trinajstić information content (AvgIpc) is 2.46. The molecule has 2 aromatic rings. The lowest BCUT2D eigenvalue weighted by Crippen LogP contribution is -2.12. The van der Waals surface area contributed by atoms with E-state index >= 15 is 0 Å². The molecule has 0 saturated carbocycles. The van der Waals surface area contributed by atoms with Gasteiger partial charge in [0.2, 0.25) is 0 Å². The fourth-order valence-corrected chi connectivity index (χ4v) is 1.97. The van der Waals surface area contributed by atoms with Crippen molar-refractivity contribution < 1.29 is 18.7 Å². The van der Waals surface area contributed by atoms with Crippen molar-refractivity contribution in [2.24, 2.45) is 0 Å². The summed E-state index contributed by atoms with van der Waals surface area (Å²) in [5, 5.41) is 0. The molecule has 0 bridgehead atoms. The molecule has 0 radical (unpaired) electrons. The van der Waals surface area contributed by atoms with Crippen molar-refractivity contribution in [2.45, 2.75) is 0 Å². The Morgan fingerprint density at radius 1 is 1.19 bits per heavy atom. The van der Waals surface area contributed by atoms with Crippen LogP contribution in [0.4, 0.5) is 10.1 Å². The molecule has 0 fully saturated rings. The van der Waals surface area contributed by atoms with Gasteiger partial charge < -0.3 is 15.2 Å². The van der Waals surface area contributed by atoms with E-state index in [0.29, 0.717) is 5.75 Å². The second-order valence-electron chi connectivity index (χ2n) is 4.18. The summed E-state index contributed by atoms with van der Waals surface area (Å²) in [6, 6.07) is 11.1. The SMILES string of the molecule is Nc1ccc(C(=O)OCCOc2cccc(Br)c2)cc1F. The number of carbonyl (C=O) groups is 1. The molecular weight excluding hydrogens is 341 g/mol. The van der Waals surface area contributed by atoms with E-state index in [0.717, 1.165) is 10.5 Å². The van der Waals surface area contributed by atoms with Crippen molar-refractivity contribution in [3.05, 3.63) is 58.3 Å². The molecule has 110 valence electrons. The Bertz CT molecular complexity index is 649. The zero-order chi connectivity index (χ0) is 15.2. The van der Waals surface area contributed by atoms with Crippen LogP contribution in [0.15, 0.2) is 46.9 Å². The number of carbonyl (C=O) groups excluding carboxylic acids is 1. The summed E-state index contributed by atoms with van der Waals surface area (Å²) in [5.74, 6) is -0.597. The molecule has 2 aromatic carbocycles. The van der Waals surface area contributed by atoms with Gasteiger partial charge in [0.05, 0.1) is 11.3 Å². The van der Waals surface area contributed by atoms with Crippen molar-refractivity contribution >= 4 is 27.6 Å². The third-order valence-electron chi connectivity index (χ3n) is 2.62. The molecule has 2 rings (SSSR count). The van der Waals surface area contributed by atoms with E-state index in [-0.39, 0.29) is 24.5 Å². The maximum absolute atomic E-state index is 13.2. The molecule has 21 heavy (non-hydrogen) atoms. The van der Waals surface area contributed by atoms with Crippen LogP contribution in [0.1, 0.15) is 10.4 Å². The monoisotopic (exact) mass is 353 g/mol. The maximum Gasteiger partial charge on any atom is 0.338 e. The van der Waals surface area contributed by atoms with Gasteiger partial charge in [0.1, 0.15) is 24.8 Å². The Labute approximate surface area is 129 Å². The molecule has 4 nitrogen and oxygen atoms in total. The van der Waals surface area contributed by atoms with Gasteiger partial charge in [-0.25, -0.2) is 9.18 Å². The second kappa shape index (κ2) is 7.08. The van der Waals surface area contributed by atoms with Crippen LogP contribution >= 0.6 is 15.9 Å². The summed E-state index contributed by atoms with van der Waals surface area (Å²) >= 11 is 3.33. The van der Waals surface area contributed by atoms with Crippen LogP contribution in [0.3, 0.4) is 0 Å². The van der Waals surface area contributed by atoms with Crippen molar-refractivity contribution in [3.8, 4) is 5.75 Å². The Kier molecular flexibility index (Phi) is 5.16. The van der Waals surface area contributed by atoms with E-state index in [1.807, 2.05) is 12.1 Å². The predicted molar refractivity (Wildman–Crippen MR) is 80.7 cm³/mol. The topological polar surface area (TPSA) is 61.6 Å². The maximum atomic E-state index is 13.2. The average molecular weight is 354 g/mol. The minimum absolute atomic E-state index is 0.00969. The van der Waals surface area contributed by atoms with Gasteiger partial charge in [-0.05, 0) is 36.4 Å². The molecule has 0 aliphatic carbocycles. The highest BCUT2D eigenvalue weighted by atomic mass is 79.9. The van der Waals surface area contributed by atoms with E-state index in [1.54, 1.807) is 12.1 Å². The molecule has 0 saturated heterocycles. The summed E-state index contributed by atoms with van der Waals surface area (Å²) in [6.45, 7) is 0.275. The van der Waals surface area contributed by atoms with Crippen LogP contribution in [0, 0.1) is 5.82 Å². The first kappa shape index (κ1) is 15.3. The minimum Gasteiger partial charge on any atom is -0.490 e. The lowest BCUT2D eigenvalue weighted by molar-refractivity contribution is 0.0450. The van der Waals surface area contributed by atoms with Crippen LogP contribution in [0.25, 0.3) is 0 Å². The predicted octanol–water partition coefficient (Wildman–Crippen LogP) is 3.41. The van der Waals surface area contributed by atoms with Gasteiger partial charge in [-0.15, -0.1) is 0 Å². The summed E-state index contributed by atoms with van der Waals surface area (Å²) in [4.78, 5) is 11.7. The molecule has 0 amide bonds. The zero-order valence-electron chi connectivity index (χ0n) is 11.0. The second-order valence-corrected chi connectivity index (χ2v) is 5.09. The van der Waals surface area contributed by atoms with Gasteiger partial charge in [0, 0.05) is 4.47 Å². The highest BCUT2D eigenvalue weighted by Gasteiger charge is 2.09. The van der Waals surface area contributed by atoms with Crippen molar-refractivity contribution in [1.29, 1.82) is 0 Å². The number of benzene rings is 2. The number of anilines is 1. The number of rotatable bonds is 5. The third kappa shape index (κ3) is 4.46. The Hall–Kier alpha value is -2.08. The molecule has 0 aliphatic heterocycles. The quantitative estimate of drug-likeness (QED) is 0.508. The fourth-order valence-electron chi connectivity index (χ4n) is 1.59. The number of esters is 1. The lowest BCUT2D eigenvalue weighted by atomic mass is 10.2. The van der Waals surface area contributed by atoms with E-state index in [9.17, 15) is 9.18 Å². The van der Waals surface area contributed by atoms with E-state index in [2.05, 4.69) is 15.9 Å². The first-order valence-electron chi connectivity index (χ1n) is 6.17. The summed E-state index contributed by atoms with van der Waals surface area (Å²) < 4.78 is 24.5. The van der Waals surface area contributed by atoms with Crippen LogP contribution in [0.5, 0.6) is 5.75 Å². The van der Waals surface area contributed by atoms with Gasteiger partial charge in [-0.1, -0.05) is 22.0 Å². The summed E-state index contributed by atoms with van der Waals surface area (Å²) in [7, 11) is 0. The normalized spacial score (nSPS) is 10.2. The lowest BCUT2D eigenvalue weighted by Gasteiger charge is -2.08. The molecule has 0 heterocycles. The van der Waals surface area contributed by atoms with Gasteiger partial charge in [-0.2, -0.15) is 0 Å². The molecule has 6 heteroatoms. The van der Waals surface area contributed by atoms with Crippen LogP contribution in [-0.2, 0) is 4.74 Å². The third-order valence-corrected chi connectivity index (χ3v) is 3.11. The van der Waals surface area contributed by atoms with Gasteiger partial charge >= 0.3 is 5.97 Å². The highest BCUT2D eigenvalue weighted by Crippen LogP contribution is 2.17. The summed E-state index contributed by atoms with van der Waals surface area (Å²) in [5.41, 5.74) is 5.44. The van der Waals surface area contributed by atoms with Crippen LogP contribution in [-0.4, -0.2) is 19.2 Å². The van der Waals surface area contributed by atoms with E-state index in [1.165, 1.54) is 12.1 Å². The first-order chi connectivity index (χ1) is 10.1.